The van der Waals surface area contributed by atoms with Gasteiger partial charge in [0, 0.05) is 15.4 Å². The highest BCUT2D eigenvalue weighted by molar-refractivity contribution is 9.10. The third-order valence-electron chi connectivity index (χ3n) is 3.61. The third kappa shape index (κ3) is 2.88. The summed E-state index contributed by atoms with van der Waals surface area (Å²) in [6.07, 6.45) is 8.44. The lowest BCUT2D eigenvalue weighted by molar-refractivity contribution is 0.345. The maximum atomic E-state index is 3.66. The predicted molar refractivity (Wildman–Crippen MR) is 75.0 cm³/mol. The van der Waals surface area contributed by atoms with Crippen molar-refractivity contribution in [1.29, 1.82) is 0 Å². The number of halogens is 1. The van der Waals surface area contributed by atoms with Gasteiger partial charge in [-0.25, -0.2) is 0 Å². The summed E-state index contributed by atoms with van der Waals surface area (Å²) in [6.45, 7) is 0. The van der Waals surface area contributed by atoms with Crippen LogP contribution in [-0.4, -0.2) is 7.05 Å². The molecule has 1 aromatic heterocycles. The fraction of sp³-hybridized carbons (Fsp3) is 0.692. The molecule has 1 N–H and O–H groups in total. The maximum Gasteiger partial charge on any atom is 0.0452 e. The van der Waals surface area contributed by atoms with Crippen molar-refractivity contribution in [1.82, 2.24) is 5.32 Å². The maximum absolute atomic E-state index is 3.66. The van der Waals surface area contributed by atoms with Crippen LogP contribution in [0, 0.1) is 5.92 Å². The molecular formula is C13H20BrNS. The van der Waals surface area contributed by atoms with Gasteiger partial charge >= 0.3 is 0 Å². The van der Waals surface area contributed by atoms with Crippen LogP contribution >= 0.6 is 27.3 Å². The van der Waals surface area contributed by atoms with E-state index < -0.39 is 0 Å². The Balaban J connectivity index is 2.12. The molecule has 0 radical (unpaired) electrons. The Hall–Kier alpha value is 0.140. The molecular weight excluding hydrogens is 282 g/mol. The number of nitrogens with one attached hydrogen (secondary N) is 1. The second kappa shape index (κ2) is 6.18. The van der Waals surface area contributed by atoms with Gasteiger partial charge in [0.2, 0.25) is 0 Å². The minimum atomic E-state index is 0.549. The van der Waals surface area contributed by atoms with Crippen molar-refractivity contribution in [2.75, 3.05) is 7.05 Å². The highest BCUT2D eigenvalue weighted by Gasteiger charge is 2.25. The van der Waals surface area contributed by atoms with E-state index in [0.717, 1.165) is 5.92 Å². The van der Waals surface area contributed by atoms with Gasteiger partial charge in [-0.3, -0.25) is 0 Å². The highest BCUT2D eigenvalue weighted by atomic mass is 79.9. The van der Waals surface area contributed by atoms with Gasteiger partial charge in [-0.2, -0.15) is 0 Å². The van der Waals surface area contributed by atoms with Gasteiger partial charge < -0.3 is 5.32 Å². The summed E-state index contributed by atoms with van der Waals surface area (Å²) in [5.74, 6) is 0.822. The topological polar surface area (TPSA) is 12.0 Å². The normalized spacial score (nSPS) is 20.6. The summed E-state index contributed by atoms with van der Waals surface area (Å²) in [6, 6.07) is 2.72. The molecule has 3 heteroatoms. The summed E-state index contributed by atoms with van der Waals surface area (Å²) in [4.78, 5) is 1.48. The second-order valence-electron chi connectivity index (χ2n) is 4.65. The monoisotopic (exact) mass is 301 g/mol. The van der Waals surface area contributed by atoms with Crippen LogP contribution in [0.1, 0.15) is 49.4 Å². The molecule has 90 valence electrons. The van der Waals surface area contributed by atoms with Crippen LogP contribution < -0.4 is 5.32 Å². The van der Waals surface area contributed by atoms with Gasteiger partial charge in [0.05, 0.1) is 0 Å². The molecule has 1 fully saturated rings. The molecule has 2 rings (SSSR count). The summed E-state index contributed by atoms with van der Waals surface area (Å²) < 4.78 is 1.28. The number of rotatable bonds is 3. The van der Waals surface area contributed by atoms with Crippen molar-refractivity contribution in [3.8, 4) is 0 Å². The Kier molecular flexibility index (Phi) is 4.86. The largest absolute Gasteiger partial charge is 0.312 e. The average Bonchev–Trinajstić information content (AvgIpc) is 2.57. The van der Waals surface area contributed by atoms with Crippen LogP contribution in [0.5, 0.6) is 0 Å². The molecule has 0 aliphatic heterocycles. The molecule has 1 unspecified atom stereocenters. The summed E-state index contributed by atoms with van der Waals surface area (Å²) >= 11 is 5.54. The molecule has 1 nitrogen and oxygen atoms in total. The fourth-order valence-corrected chi connectivity index (χ4v) is 4.57. The average molecular weight is 302 g/mol. The first-order chi connectivity index (χ1) is 7.83. The zero-order valence-corrected chi connectivity index (χ0v) is 12.2. The molecule has 0 spiro atoms. The van der Waals surface area contributed by atoms with Crippen LogP contribution in [0.2, 0.25) is 0 Å². The lowest BCUT2D eigenvalue weighted by Crippen LogP contribution is -2.24. The van der Waals surface area contributed by atoms with E-state index in [-0.39, 0.29) is 0 Å². The van der Waals surface area contributed by atoms with Crippen molar-refractivity contribution < 1.29 is 0 Å². The zero-order valence-electron chi connectivity index (χ0n) is 9.84. The molecule has 0 saturated heterocycles. The van der Waals surface area contributed by atoms with Crippen LogP contribution in [0.3, 0.4) is 0 Å². The Morgan fingerprint density at radius 3 is 2.50 bits per heavy atom. The second-order valence-corrected chi connectivity index (χ2v) is 6.45. The van der Waals surface area contributed by atoms with E-state index in [9.17, 15) is 0 Å². The van der Waals surface area contributed by atoms with Crippen molar-refractivity contribution >= 4 is 27.3 Å². The molecule has 16 heavy (non-hydrogen) atoms. The molecule has 1 aromatic rings. The summed E-state index contributed by atoms with van der Waals surface area (Å²) in [5, 5.41) is 5.70. The molecule has 1 atom stereocenters. The Labute approximate surface area is 111 Å². The standard InChI is InChI=1S/C13H20BrNS/c1-15-12(13-11(14)8-9-16-13)10-6-4-2-3-5-7-10/h8-10,12,15H,2-7H2,1H3. The Bertz CT molecular complexity index is 315. The number of hydrogen-bond donors (Lipinski definition) is 1. The molecule has 0 aromatic carbocycles. The fourth-order valence-electron chi connectivity index (χ4n) is 2.75. The van der Waals surface area contributed by atoms with Gasteiger partial charge in [-0.05, 0) is 53.2 Å². The summed E-state index contributed by atoms with van der Waals surface area (Å²) in [5.41, 5.74) is 0. The molecule has 1 aliphatic rings. The predicted octanol–water partition coefficient (Wildman–Crippen LogP) is 4.74. The minimum Gasteiger partial charge on any atom is -0.312 e. The van der Waals surface area contributed by atoms with Gasteiger partial charge in [0.25, 0.3) is 0 Å². The number of thiophene rings is 1. The van der Waals surface area contributed by atoms with E-state index in [0.29, 0.717) is 6.04 Å². The van der Waals surface area contributed by atoms with Gasteiger partial charge in [0.1, 0.15) is 0 Å². The zero-order chi connectivity index (χ0) is 11.4. The van der Waals surface area contributed by atoms with Crippen LogP contribution in [0.25, 0.3) is 0 Å². The van der Waals surface area contributed by atoms with Crippen molar-refractivity contribution in [2.24, 2.45) is 5.92 Å². The van der Waals surface area contributed by atoms with Gasteiger partial charge in [-0.1, -0.05) is 25.7 Å². The molecule has 1 aliphatic carbocycles. The van der Waals surface area contributed by atoms with Gasteiger partial charge in [0.15, 0.2) is 0 Å². The number of hydrogen-bond acceptors (Lipinski definition) is 2. The van der Waals surface area contributed by atoms with Crippen molar-refractivity contribution in [3.63, 3.8) is 0 Å². The van der Waals surface area contributed by atoms with Crippen LogP contribution in [0.4, 0.5) is 0 Å². The quantitative estimate of drug-likeness (QED) is 0.795. The first-order valence-corrected chi connectivity index (χ1v) is 7.90. The SMILES string of the molecule is CNC(c1sccc1Br)C1CCCCCC1. The van der Waals surface area contributed by atoms with E-state index in [2.05, 4.69) is 39.7 Å². The lowest BCUT2D eigenvalue weighted by atomic mass is 9.91. The van der Waals surface area contributed by atoms with E-state index in [4.69, 9.17) is 0 Å². The minimum absolute atomic E-state index is 0.549. The van der Waals surface area contributed by atoms with Crippen LogP contribution in [-0.2, 0) is 0 Å². The Morgan fingerprint density at radius 2 is 2.00 bits per heavy atom. The smallest absolute Gasteiger partial charge is 0.0452 e. The van der Waals surface area contributed by atoms with E-state index >= 15 is 0 Å². The first kappa shape index (κ1) is 12.6. The van der Waals surface area contributed by atoms with Crippen LogP contribution in [0.15, 0.2) is 15.9 Å². The third-order valence-corrected chi connectivity index (χ3v) is 5.56. The highest BCUT2D eigenvalue weighted by Crippen LogP contribution is 2.38. The summed E-state index contributed by atoms with van der Waals surface area (Å²) in [7, 11) is 2.10. The first-order valence-electron chi connectivity index (χ1n) is 6.23. The van der Waals surface area contributed by atoms with Gasteiger partial charge in [-0.15, -0.1) is 11.3 Å². The van der Waals surface area contributed by atoms with Crippen molar-refractivity contribution in [2.45, 2.75) is 44.6 Å². The van der Waals surface area contributed by atoms with Crippen molar-refractivity contribution in [3.05, 3.63) is 20.8 Å². The molecule has 1 saturated carbocycles. The Morgan fingerprint density at radius 1 is 1.31 bits per heavy atom. The molecule has 1 heterocycles. The van der Waals surface area contributed by atoms with E-state index in [1.807, 2.05) is 11.3 Å². The molecule has 0 amide bonds. The van der Waals surface area contributed by atoms with E-state index in [1.165, 1.54) is 47.9 Å². The lowest BCUT2D eigenvalue weighted by Gasteiger charge is -2.25. The molecule has 0 bridgehead atoms. The van der Waals surface area contributed by atoms with E-state index in [1.54, 1.807) is 0 Å².